The summed E-state index contributed by atoms with van der Waals surface area (Å²) in [6, 6.07) is 8.66. The van der Waals surface area contributed by atoms with E-state index in [0.29, 0.717) is 5.15 Å². The van der Waals surface area contributed by atoms with E-state index in [2.05, 4.69) is 45.3 Å². The Kier molecular flexibility index (Phi) is 3.51. The third-order valence-electron chi connectivity index (χ3n) is 3.56. The molecule has 0 aliphatic carbocycles. The zero-order valence-corrected chi connectivity index (χ0v) is 12.4. The number of imidazole rings is 1. The van der Waals surface area contributed by atoms with Gasteiger partial charge in [0, 0.05) is 25.3 Å². The van der Waals surface area contributed by atoms with Crippen molar-refractivity contribution in [3.05, 3.63) is 53.2 Å². The van der Waals surface area contributed by atoms with Crippen LogP contribution in [-0.2, 0) is 20.1 Å². The van der Waals surface area contributed by atoms with E-state index < -0.39 is 0 Å². The van der Waals surface area contributed by atoms with Crippen LogP contribution in [0.5, 0.6) is 0 Å². The first-order valence-electron chi connectivity index (χ1n) is 6.57. The summed E-state index contributed by atoms with van der Waals surface area (Å²) in [7, 11) is 3.89. The molecule has 0 radical (unpaired) electrons. The Labute approximate surface area is 123 Å². The molecule has 0 aliphatic rings. The number of nitrogens with one attached hydrogen (secondary N) is 1. The third-order valence-corrected chi connectivity index (χ3v) is 3.91. The highest BCUT2D eigenvalue weighted by atomic mass is 35.5. The van der Waals surface area contributed by atoms with Gasteiger partial charge < -0.3 is 14.5 Å². The summed E-state index contributed by atoms with van der Waals surface area (Å²) in [5, 5.41) is 5.08. The predicted molar refractivity (Wildman–Crippen MR) is 82.0 cm³/mol. The van der Waals surface area contributed by atoms with Gasteiger partial charge in [-0.2, -0.15) is 0 Å². The van der Waals surface area contributed by atoms with Crippen LogP contribution in [0.3, 0.4) is 0 Å². The highest BCUT2D eigenvalue weighted by Crippen LogP contribution is 2.19. The summed E-state index contributed by atoms with van der Waals surface area (Å²) in [6.07, 6.45) is 3.78. The molecule has 0 atom stereocenters. The van der Waals surface area contributed by atoms with Gasteiger partial charge in [0.1, 0.15) is 11.0 Å². The number of fused-ring (bicyclic) bond motifs is 1. The molecule has 0 bridgehead atoms. The lowest BCUT2D eigenvalue weighted by atomic mass is 10.1. The summed E-state index contributed by atoms with van der Waals surface area (Å²) < 4.78 is 4.11. The summed E-state index contributed by atoms with van der Waals surface area (Å²) in [5.74, 6) is 0.950. The standard InChI is InChI=1S/C15H17ClN4/c1-17-8-11-3-4-12-5-6-20(13(12)7-11)10-15-18-9-14(16)19(15)2/h3-7,9,17H,8,10H2,1-2H3. The van der Waals surface area contributed by atoms with E-state index in [1.807, 2.05) is 18.7 Å². The van der Waals surface area contributed by atoms with Gasteiger partial charge >= 0.3 is 0 Å². The van der Waals surface area contributed by atoms with Crippen LogP contribution in [0.1, 0.15) is 11.4 Å². The van der Waals surface area contributed by atoms with Crippen LogP contribution in [0.2, 0.25) is 5.15 Å². The van der Waals surface area contributed by atoms with Crippen molar-refractivity contribution in [2.24, 2.45) is 7.05 Å². The van der Waals surface area contributed by atoms with Gasteiger partial charge in [0.15, 0.2) is 0 Å². The number of rotatable bonds is 4. The van der Waals surface area contributed by atoms with Crippen LogP contribution in [-0.4, -0.2) is 21.2 Å². The number of nitrogens with zero attached hydrogens (tertiary/aromatic N) is 3. The molecule has 0 saturated heterocycles. The van der Waals surface area contributed by atoms with Crippen LogP contribution < -0.4 is 5.32 Å². The van der Waals surface area contributed by atoms with Crippen molar-refractivity contribution in [1.82, 2.24) is 19.4 Å². The first-order valence-corrected chi connectivity index (χ1v) is 6.95. The van der Waals surface area contributed by atoms with Gasteiger partial charge in [0.2, 0.25) is 0 Å². The van der Waals surface area contributed by atoms with Crippen molar-refractivity contribution < 1.29 is 0 Å². The molecule has 0 aliphatic heterocycles. The van der Waals surface area contributed by atoms with Gasteiger partial charge in [-0.05, 0) is 30.1 Å². The maximum absolute atomic E-state index is 6.04. The first-order chi connectivity index (χ1) is 9.69. The number of hydrogen-bond donors (Lipinski definition) is 1. The fraction of sp³-hybridized carbons (Fsp3) is 0.267. The predicted octanol–water partition coefficient (Wildman–Crippen LogP) is 2.80. The zero-order valence-electron chi connectivity index (χ0n) is 11.6. The fourth-order valence-electron chi connectivity index (χ4n) is 2.40. The second-order valence-corrected chi connectivity index (χ2v) is 5.31. The maximum Gasteiger partial charge on any atom is 0.129 e. The molecule has 1 N–H and O–H groups in total. The smallest absolute Gasteiger partial charge is 0.129 e. The minimum Gasteiger partial charge on any atom is -0.340 e. The van der Waals surface area contributed by atoms with Crippen LogP contribution in [0.4, 0.5) is 0 Å². The van der Waals surface area contributed by atoms with Gasteiger partial charge in [0.25, 0.3) is 0 Å². The number of halogens is 1. The van der Waals surface area contributed by atoms with Gasteiger partial charge in [0.05, 0.1) is 12.7 Å². The molecular weight excluding hydrogens is 272 g/mol. The molecule has 3 aromatic rings. The second kappa shape index (κ2) is 5.31. The number of aromatic nitrogens is 3. The molecule has 3 rings (SSSR count). The molecular formula is C15H17ClN4. The average molecular weight is 289 g/mol. The maximum atomic E-state index is 6.04. The number of benzene rings is 1. The number of hydrogen-bond acceptors (Lipinski definition) is 2. The van der Waals surface area contributed by atoms with E-state index in [9.17, 15) is 0 Å². The molecule has 0 saturated carbocycles. The average Bonchev–Trinajstić information content (AvgIpc) is 2.98. The Bertz CT molecular complexity index is 741. The van der Waals surface area contributed by atoms with Gasteiger partial charge in [-0.3, -0.25) is 0 Å². The van der Waals surface area contributed by atoms with E-state index in [-0.39, 0.29) is 0 Å². The SMILES string of the molecule is CNCc1ccc2ccn(Cc3ncc(Cl)n3C)c2c1. The monoisotopic (exact) mass is 288 g/mol. The Morgan fingerprint density at radius 3 is 2.85 bits per heavy atom. The molecule has 5 heteroatoms. The van der Waals surface area contributed by atoms with E-state index in [1.165, 1.54) is 16.5 Å². The van der Waals surface area contributed by atoms with E-state index in [1.54, 1.807) is 6.20 Å². The van der Waals surface area contributed by atoms with Crippen LogP contribution in [0.25, 0.3) is 10.9 Å². The molecule has 20 heavy (non-hydrogen) atoms. The highest BCUT2D eigenvalue weighted by molar-refractivity contribution is 6.29. The summed E-state index contributed by atoms with van der Waals surface area (Å²) >= 11 is 6.04. The van der Waals surface area contributed by atoms with Crippen molar-refractivity contribution in [1.29, 1.82) is 0 Å². The molecule has 1 aromatic carbocycles. The molecule has 104 valence electrons. The third kappa shape index (κ3) is 2.32. The van der Waals surface area contributed by atoms with E-state index in [4.69, 9.17) is 11.6 Å². The van der Waals surface area contributed by atoms with Crippen molar-refractivity contribution in [3.8, 4) is 0 Å². The summed E-state index contributed by atoms with van der Waals surface area (Å²) in [4.78, 5) is 4.35. The quantitative estimate of drug-likeness (QED) is 0.801. The van der Waals surface area contributed by atoms with E-state index in [0.717, 1.165) is 18.9 Å². The lowest BCUT2D eigenvalue weighted by molar-refractivity contribution is 0.718. The molecule has 0 unspecified atom stereocenters. The molecule has 2 heterocycles. The lowest BCUT2D eigenvalue weighted by Gasteiger charge is -2.07. The first kappa shape index (κ1) is 13.2. The topological polar surface area (TPSA) is 34.8 Å². The highest BCUT2D eigenvalue weighted by Gasteiger charge is 2.08. The molecule has 4 nitrogen and oxygen atoms in total. The second-order valence-electron chi connectivity index (χ2n) is 4.92. The fourth-order valence-corrected chi connectivity index (χ4v) is 2.55. The molecule has 2 aromatic heterocycles. The largest absolute Gasteiger partial charge is 0.340 e. The van der Waals surface area contributed by atoms with Crippen LogP contribution in [0.15, 0.2) is 36.7 Å². The minimum atomic E-state index is 0.660. The molecule has 0 amide bonds. The van der Waals surface area contributed by atoms with E-state index >= 15 is 0 Å². The van der Waals surface area contributed by atoms with Crippen molar-refractivity contribution in [2.75, 3.05) is 7.05 Å². The normalized spacial score (nSPS) is 11.3. The van der Waals surface area contributed by atoms with Crippen molar-refractivity contribution >= 4 is 22.5 Å². The Balaban J connectivity index is 1.98. The van der Waals surface area contributed by atoms with Gasteiger partial charge in [-0.1, -0.05) is 23.7 Å². The molecule has 0 spiro atoms. The minimum absolute atomic E-state index is 0.660. The Morgan fingerprint density at radius 1 is 1.30 bits per heavy atom. The molecule has 0 fully saturated rings. The van der Waals surface area contributed by atoms with Crippen LogP contribution >= 0.6 is 11.6 Å². The van der Waals surface area contributed by atoms with Crippen LogP contribution in [0, 0.1) is 0 Å². The lowest BCUT2D eigenvalue weighted by Crippen LogP contribution is -2.07. The van der Waals surface area contributed by atoms with Crippen molar-refractivity contribution in [3.63, 3.8) is 0 Å². The summed E-state index contributed by atoms with van der Waals surface area (Å²) in [6.45, 7) is 1.59. The summed E-state index contributed by atoms with van der Waals surface area (Å²) in [5.41, 5.74) is 2.50. The Morgan fingerprint density at radius 2 is 2.15 bits per heavy atom. The van der Waals surface area contributed by atoms with Gasteiger partial charge in [-0.15, -0.1) is 0 Å². The van der Waals surface area contributed by atoms with Crippen molar-refractivity contribution in [2.45, 2.75) is 13.1 Å². The Hall–Kier alpha value is -1.78. The zero-order chi connectivity index (χ0) is 14.1. The van der Waals surface area contributed by atoms with Gasteiger partial charge in [-0.25, -0.2) is 4.98 Å².